The molecule has 1 fully saturated rings. The third kappa shape index (κ3) is 3.82. The van der Waals surface area contributed by atoms with Gasteiger partial charge in [-0.05, 0) is 67.7 Å². The van der Waals surface area contributed by atoms with Crippen LogP contribution in [0.2, 0.25) is 0 Å². The van der Waals surface area contributed by atoms with Crippen LogP contribution in [-0.2, 0) is 17.1 Å². The molecule has 29 heavy (non-hydrogen) atoms. The number of halogens is 1. The minimum Gasteiger partial charge on any atom is -0.494 e. The zero-order valence-electron chi connectivity index (χ0n) is 16.4. The SMILES string of the molecule is COc1cc(S(=O)(=O)Nc2ccc3c(c2)c(C2CCNCC2)cn3C)ccc1F. The number of nitrogens with one attached hydrogen (secondary N) is 2. The van der Waals surface area contributed by atoms with Crippen LogP contribution in [0.1, 0.15) is 24.3 Å². The molecule has 1 aliphatic rings. The Morgan fingerprint density at radius 1 is 1.17 bits per heavy atom. The number of aryl methyl sites for hydroxylation is 1. The van der Waals surface area contributed by atoms with E-state index >= 15 is 0 Å². The topological polar surface area (TPSA) is 72.4 Å². The van der Waals surface area contributed by atoms with Gasteiger partial charge in [0.15, 0.2) is 11.6 Å². The molecule has 1 saturated heterocycles. The predicted octanol–water partition coefficient (Wildman–Crippen LogP) is 3.59. The van der Waals surface area contributed by atoms with Crippen molar-refractivity contribution in [3.8, 4) is 5.75 Å². The quantitative estimate of drug-likeness (QED) is 0.666. The van der Waals surface area contributed by atoms with Crippen LogP contribution in [-0.4, -0.2) is 33.2 Å². The highest BCUT2D eigenvalue weighted by Gasteiger charge is 2.21. The molecule has 0 bridgehead atoms. The van der Waals surface area contributed by atoms with Gasteiger partial charge in [-0.3, -0.25) is 4.72 Å². The number of methoxy groups -OCH3 is 1. The van der Waals surface area contributed by atoms with E-state index in [2.05, 4.69) is 20.8 Å². The van der Waals surface area contributed by atoms with E-state index in [0.29, 0.717) is 11.6 Å². The lowest BCUT2D eigenvalue weighted by Crippen LogP contribution is -2.26. The van der Waals surface area contributed by atoms with Gasteiger partial charge < -0.3 is 14.6 Å². The number of hydrogen-bond acceptors (Lipinski definition) is 4. The van der Waals surface area contributed by atoms with E-state index in [1.807, 2.05) is 19.2 Å². The zero-order valence-corrected chi connectivity index (χ0v) is 17.2. The summed E-state index contributed by atoms with van der Waals surface area (Å²) in [5.74, 6) is -0.267. The summed E-state index contributed by atoms with van der Waals surface area (Å²) in [7, 11) is -0.575. The molecule has 0 atom stereocenters. The monoisotopic (exact) mass is 417 g/mol. The fourth-order valence-electron chi connectivity index (χ4n) is 3.97. The second-order valence-electron chi connectivity index (χ2n) is 7.35. The van der Waals surface area contributed by atoms with E-state index in [-0.39, 0.29) is 10.6 Å². The van der Waals surface area contributed by atoms with Crippen molar-refractivity contribution in [1.82, 2.24) is 9.88 Å². The molecule has 2 aromatic carbocycles. The van der Waals surface area contributed by atoms with Gasteiger partial charge in [0.25, 0.3) is 10.0 Å². The lowest BCUT2D eigenvalue weighted by atomic mass is 9.90. The molecule has 0 radical (unpaired) electrons. The van der Waals surface area contributed by atoms with Gasteiger partial charge in [-0.1, -0.05) is 0 Å². The molecule has 1 aliphatic heterocycles. The summed E-state index contributed by atoms with van der Waals surface area (Å²) in [5.41, 5.74) is 2.78. The van der Waals surface area contributed by atoms with Gasteiger partial charge in [0, 0.05) is 35.9 Å². The van der Waals surface area contributed by atoms with Crippen LogP contribution in [0.15, 0.2) is 47.5 Å². The van der Waals surface area contributed by atoms with E-state index in [4.69, 9.17) is 4.74 Å². The van der Waals surface area contributed by atoms with Gasteiger partial charge in [0.05, 0.1) is 12.0 Å². The van der Waals surface area contributed by atoms with Gasteiger partial charge in [0.1, 0.15) is 0 Å². The van der Waals surface area contributed by atoms with Crippen LogP contribution in [0.3, 0.4) is 0 Å². The van der Waals surface area contributed by atoms with Gasteiger partial charge in [-0.25, -0.2) is 12.8 Å². The van der Waals surface area contributed by atoms with E-state index in [9.17, 15) is 12.8 Å². The molecular weight excluding hydrogens is 393 g/mol. The van der Waals surface area contributed by atoms with Crippen LogP contribution in [0, 0.1) is 5.82 Å². The second-order valence-corrected chi connectivity index (χ2v) is 9.04. The minimum atomic E-state index is -3.88. The van der Waals surface area contributed by atoms with Crippen molar-refractivity contribution in [1.29, 1.82) is 0 Å². The molecule has 0 unspecified atom stereocenters. The van der Waals surface area contributed by atoms with E-state index in [0.717, 1.165) is 42.9 Å². The summed E-state index contributed by atoms with van der Waals surface area (Å²) in [5, 5.41) is 4.43. The van der Waals surface area contributed by atoms with Crippen molar-refractivity contribution in [3.05, 3.63) is 54.0 Å². The maximum absolute atomic E-state index is 13.6. The van der Waals surface area contributed by atoms with Crippen LogP contribution in [0.4, 0.5) is 10.1 Å². The van der Waals surface area contributed by atoms with Gasteiger partial charge in [0.2, 0.25) is 0 Å². The third-order valence-electron chi connectivity index (χ3n) is 5.48. The van der Waals surface area contributed by atoms with E-state index in [1.54, 1.807) is 6.07 Å². The highest BCUT2D eigenvalue weighted by Crippen LogP contribution is 2.34. The molecule has 4 rings (SSSR count). The van der Waals surface area contributed by atoms with Gasteiger partial charge >= 0.3 is 0 Å². The Bertz CT molecular complexity index is 1150. The maximum Gasteiger partial charge on any atom is 0.262 e. The highest BCUT2D eigenvalue weighted by atomic mass is 32.2. The first-order valence-corrected chi connectivity index (χ1v) is 11.0. The third-order valence-corrected chi connectivity index (χ3v) is 6.86. The standard InChI is InChI=1S/C21H24FN3O3S/c1-25-13-18(14-7-9-23-10-8-14)17-11-15(3-6-20(17)25)24-29(26,27)16-4-5-19(22)21(12-16)28-2/h3-6,11-14,23-24H,7-10H2,1-2H3. The molecule has 0 saturated carbocycles. The number of benzene rings is 2. The van der Waals surface area contributed by atoms with Crippen molar-refractivity contribution < 1.29 is 17.5 Å². The molecule has 2 heterocycles. The average Bonchev–Trinajstić information content (AvgIpc) is 3.04. The number of ether oxygens (including phenoxy) is 1. The number of piperidine rings is 1. The summed E-state index contributed by atoms with van der Waals surface area (Å²) in [6, 6.07) is 9.03. The zero-order chi connectivity index (χ0) is 20.6. The predicted molar refractivity (Wildman–Crippen MR) is 112 cm³/mol. The van der Waals surface area contributed by atoms with Crippen molar-refractivity contribution in [2.45, 2.75) is 23.7 Å². The van der Waals surface area contributed by atoms with Crippen LogP contribution in [0.5, 0.6) is 5.75 Å². The lowest BCUT2D eigenvalue weighted by molar-refractivity contribution is 0.385. The summed E-state index contributed by atoms with van der Waals surface area (Å²) in [6.07, 6.45) is 4.26. The van der Waals surface area contributed by atoms with E-state index in [1.165, 1.54) is 24.8 Å². The van der Waals surface area contributed by atoms with Crippen molar-refractivity contribution in [2.75, 3.05) is 24.9 Å². The minimum absolute atomic E-state index is 0.0533. The van der Waals surface area contributed by atoms with Crippen LogP contribution in [0.25, 0.3) is 10.9 Å². The highest BCUT2D eigenvalue weighted by molar-refractivity contribution is 7.92. The Morgan fingerprint density at radius 3 is 2.66 bits per heavy atom. The number of sulfonamides is 1. The Morgan fingerprint density at radius 2 is 1.93 bits per heavy atom. The molecule has 8 heteroatoms. The largest absolute Gasteiger partial charge is 0.494 e. The molecule has 0 spiro atoms. The van der Waals surface area contributed by atoms with Crippen molar-refractivity contribution in [2.24, 2.45) is 7.05 Å². The molecular formula is C21H24FN3O3S. The van der Waals surface area contributed by atoms with Gasteiger partial charge in [-0.2, -0.15) is 0 Å². The number of fused-ring (bicyclic) bond motifs is 1. The van der Waals surface area contributed by atoms with Gasteiger partial charge in [-0.15, -0.1) is 0 Å². The number of rotatable bonds is 5. The summed E-state index contributed by atoms with van der Waals surface area (Å²) in [4.78, 5) is -0.0533. The molecule has 1 aromatic heterocycles. The molecule has 6 nitrogen and oxygen atoms in total. The number of nitrogens with zero attached hydrogens (tertiary/aromatic N) is 1. The fourth-order valence-corrected chi connectivity index (χ4v) is 5.03. The van der Waals surface area contributed by atoms with Crippen LogP contribution >= 0.6 is 0 Å². The maximum atomic E-state index is 13.6. The molecule has 0 amide bonds. The first kappa shape index (κ1) is 19.7. The number of anilines is 1. The van der Waals surface area contributed by atoms with Crippen molar-refractivity contribution in [3.63, 3.8) is 0 Å². The smallest absolute Gasteiger partial charge is 0.262 e. The Balaban J connectivity index is 1.69. The average molecular weight is 418 g/mol. The molecule has 154 valence electrons. The Hall–Kier alpha value is -2.58. The molecule has 2 N–H and O–H groups in total. The first-order valence-electron chi connectivity index (χ1n) is 9.55. The molecule has 3 aromatic rings. The van der Waals surface area contributed by atoms with E-state index < -0.39 is 15.8 Å². The summed E-state index contributed by atoms with van der Waals surface area (Å²) >= 11 is 0. The lowest BCUT2D eigenvalue weighted by Gasteiger charge is -2.22. The Kier molecular flexibility index (Phi) is 5.23. The Labute approximate surface area is 169 Å². The summed E-state index contributed by atoms with van der Waals surface area (Å²) < 4.78 is 48.8. The first-order chi connectivity index (χ1) is 13.9. The number of aromatic nitrogens is 1. The molecule has 0 aliphatic carbocycles. The second kappa shape index (κ2) is 7.68. The van der Waals surface area contributed by atoms with Crippen LogP contribution < -0.4 is 14.8 Å². The fraction of sp³-hybridized carbons (Fsp3) is 0.333. The number of hydrogen-bond donors (Lipinski definition) is 2. The summed E-state index contributed by atoms with van der Waals surface area (Å²) in [6.45, 7) is 1.97. The van der Waals surface area contributed by atoms with Crippen molar-refractivity contribution >= 4 is 26.6 Å². The normalized spacial score (nSPS) is 15.6.